The SMILES string of the molecule is CCCCNC(=O)[C@H](C)N(Cc1ccc(OC)cc1)C(=O)CCCN1c2cccc3cccc(c23)S1(=O)=O. The van der Waals surface area contributed by atoms with E-state index in [-0.39, 0.29) is 31.3 Å². The molecule has 1 heterocycles. The number of methoxy groups -OCH3 is 1. The average molecular weight is 538 g/mol. The molecule has 0 aliphatic carbocycles. The van der Waals surface area contributed by atoms with Crippen LogP contribution < -0.4 is 14.4 Å². The lowest BCUT2D eigenvalue weighted by atomic mass is 10.1. The Hall–Kier alpha value is -3.59. The largest absolute Gasteiger partial charge is 0.497 e. The van der Waals surface area contributed by atoms with Crippen LogP contribution in [0.3, 0.4) is 0 Å². The van der Waals surface area contributed by atoms with E-state index >= 15 is 0 Å². The molecular formula is C29H35N3O5S. The first kappa shape index (κ1) is 27.4. The highest BCUT2D eigenvalue weighted by Gasteiger charge is 2.35. The number of amides is 2. The fourth-order valence-electron chi connectivity index (χ4n) is 4.76. The standard InChI is InChI=1S/C29H35N3O5S/c1-4-5-18-30-29(34)21(2)31(20-22-14-16-24(37-3)17-15-22)27(33)13-8-19-32-25-11-6-9-23-10-7-12-26(28(23)25)38(32,35)36/h6-7,9-12,14-17,21H,4-5,8,13,18-20H2,1-3H3,(H,30,34)/t21-/m0/s1. The molecule has 4 rings (SSSR count). The smallest absolute Gasteiger partial charge is 0.265 e. The quantitative estimate of drug-likeness (QED) is 0.344. The highest BCUT2D eigenvalue weighted by molar-refractivity contribution is 7.93. The monoisotopic (exact) mass is 537 g/mol. The third-order valence-electron chi connectivity index (χ3n) is 6.94. The molecule has 1 N–H and O–H groups in total. The van der Waals surface area contributed by atoms with Gasteiger partial charge in [-0.2, -0.15) is 0 Å². The first-order valence-corrected chi connectivity index (χ1v) is 14.5. The molecule has 0 aromatic heterocycles. The first-order chi connectivity index (χ1) is 18.3. The third kappa shape index (κ3) is 5.62. The summed E-state index contributed by atoms with van der Waals surface area (Å²) in [7, 11) is -2.09. The summed E-state index contributed by atoms with van der Waals surface area (Å²) >= 11 is 0. The number of unbranched alkanes of at least 4 members (excludes halogenated alkanes) is 1. The van der Waals surface area contributed by atoms with Gasteiger partial charge in [0.15, 0.2) is 0 Å². The van der Waals surface area contributed by atoms with E-state index in [4.69, 9.17) is 4.74 Å². The Morgan fingerprint density at radius 3 is 2.42 bits per heavy atom. The van der Waals surface area contributed by atoms with Crippen molar-refractivity contribution in [3.05, 3.63) is 66.2 Å². The minimum atomic E-state index is -3.68. The number of hydrogen-bond acceptors (Lipinski definition) is 5. The van der Waals surface area contributed by atoms with Gasteiger partial charge in [0, 0.05) is 31.4 Å². The van der Waals surface area contributed by atoms with E-state index in [2.05, 4.69) is 12.2 Å². The van der Waals surface area contributed by atoms with Gasteiger partial charge in [-0.1, -0.05) is 49.7 Å². The fourth-order valence-corrected chi connectivity index (χ4v) is 6.51. The van der Waals surface area contributed by atoms with Crippen molar-refractivity contribution in [1.29, 1.82) is 0 Å². The van der Waals surface area contributed by atoms with Crippen molar-refractivity contribution in [3.8, 4) is 5.75 Å². The zero-order valence-corrected chi connectivity index (χ0v) is 23.0. The van der Waals surface area contributed by atoms with Crippen LogP contribution in [0, 0.1) is 0 Å². The molecule has 0 unspecified atom stereocenters. The minimum Gasteiger partial charge on any atom is -0.497 e. The van der Waals surface area contributed by atoms with Crippen LogP contribution in [0.25, 0.3) is 10.8 Å². The molecule has 1 aliphatic heterocycles. The van der Waals surface area contributed by atoms with E-state index in [0.29, 0.717) is 29.3 Å². The van der Waals surface area contributed by atoms with Gasteiger partial charge >= 0.3 is 0 Å². The number of benzene rings is 3. The summed E-state index contributed by atoms with van der Waals surface area (Å²) in [5.41, 5.74) is 1.51. The Morgan fingerprint density at radius 1 is 1.03 bits per heavy atom. The Bertz CT molecular complexity index is 1400. The van der Waals surface area contributed by atoms with Gasteiger partial charge in [0.25, 0.3) is 10.0 Å². The van der Waals surface area contributed by atoms with Crippen molar-refractivity contribution < 1.29 is 22.7 Å². The molecule has 1 atom stereocenters. The van der Waals surface area contributed by atoms with Crippen LogP contribution in [-0.2, 0) is 26.2 Å². The molecular weight excluding hydrogens is 502 g/mol. The summed E-state index contributed by atoms with van der Waals surface area (Å²) < 4.78 is 33.1. The van der Waals surface area contributed by atoms with E-state index in [1.165, 1.54) is 4.31 Å². The van der Waals surface area contributed by atoms with Gasteiger partial charge in [-0.25, -0.2) is 8.42 Å². The van der Waals surface area contributed by atoms with E-state index in [9.17, 15) is 18.0 Å². The number of sulfonamides is 1. The molecule has 8 nitrogen and oxygen atoms in total. The summed E-state index contributed by atoms with van der Waals surface area (Å²) in [6, 6.07) is 17.5. The van der Waals surface area contributed by atoms with Gasteiger partial charge in [0.2, 0.25) is 11.8 Å². The van der Waals surface area contributed by atoms with Gasteiger partial charge in [0.05, 0.1) is 17.7 Å². The van der Waals surface area contributed by atoms with Crippen molar-refractivity contribution in [1.82, 2.24) is 10.2 Å². The number of rotatable bonds is 12. The van der Waals surface area contributed by atoms with Gasteiger partial charge in [-0.05, 0) is 55.0 Å². The van der Waals surface area contributed by atoms with Crippen molar-refractivity contribution >= 4 is 38.3 Å². The first-order valence-electron chi connectivity index (χ1n) is 13.0. The number of carbonyl (C=O) groups is 2. The second-order valence-corrected chi connectivity index (χ2v) is 11.3. The Balaban J connectivity index is 1.47. The van der Waals surface area contributed by atoms with Crippen LogP contribution in [-0.4, -0.2) is 51.4 Å². The number of nitrogens with zero attached hydrogens (tertiary/aromatic N) is 2. The molecule has 0 saturated heterocycles. The molecule has 1 aliphatic rings. The number of ether oxygens (including phenoxy) is 1. The summed E-state index contributed by atoms with van der Waals surface area (Å²) in [6.45, 7) is 4.77. The molecule has 9 heteroatoms. The van der Waals surface area contributed by atoms with Crippen LogP contribution in [0.4, 0.5) is 5.69 Å². The zero-order valence-electron chi connectivity index (χ0n) is 22.1. The van der Waals surface area contributed by atoms with Gasteiger partial charge in [-0.3, -0.25) is 13.9 Å². The summed E-state index contributed by atoms with van der Waals surface area (Å²) in [6.07, 6.45) is 2.26. The summed E-state index contributed by atoms with van der Waals surface area (Å²) in [5, 5.41) is 4.51. The van der Waals surface area contributed by atoms with Crippen molar-refractivity contribution in [2.24, 2.45) is 0 Å². The molecule has 0 radical (unpaired) electrons. The minimum absolute atomic E-state index is 0.112. The lowest BCUT2D eigenvalue weighted by Gasteiger charge is -2.29. The van der Waals surface area contributed by atoms with Crippen LogP contribution >= 0.6 is 0 Å². The Labute approximate surface area is 224 Å². The second kappa shape index (κ2) is 11.9. The Morgan fingerprint density at radius 2 is 1.74 bits per heavy atom. The lowest BCUT2D eigenvalue weighted by molar-refractivity contribution is -0.140. The second-order valence-electron chi connectivity index (χ2n) is 9.50. The van der Waals surface area contributed by atoms with Gasteiger partial charge < -0.3 is 15.0 Å². The fraction of sp³-hybridized carbons (Fsp3) is 0.379. The highest BCUT2D eigenvalue weighted by atomic mass is 32.2. The maximum absolute atomic E-state index is 13.4. The van der Waals surface area contributed by atoms with E-state index in [1.807, 2.05) is 42.5 Å². The predicted molar refractivity (Wildman–Crippen MR) is 149 cm³/mol. The molecule has 0 fully saturated rings. The molecule has 2 amide bonds. The van der Waals surface area contributed by atoms with Gasteiger partial charge in [0.1, 0.15) is 11.8 Å². The predicted octanol–water partition coefficient (Wildman–Crippen LogP) is 4.47. The van der Waals surface area contributed by atoms with Crippen LogP contribution in [0.2, 0.25) is 0 Å². The molecule has 3 aromatic carbocycles. The average Bonchev–Trinajstić information content (AvgIpc) is 3.14. The third-order valence-corrected chi connectivity index (χ3v) is 8.80. The summed E-state index contributed by atoms with van der Waals surface area (Å²) in [4.78, 5) is 28.2. The zero-order chi connectivity index (χ0) is 27.3. The van der Waals surface area contributed by atoms with E-state index < -0.39 is 16.1 Å². The van der Waals surface area contributed by atoms with Crippen molar-refractivity contribution in [2.75, 3.05) is 24.5 Å². The van der Waals surface area contributed by atoms with Crippen molar-refractivity contribution in [2.45, 2.75) is 57.0 Å². The molecule has 3 aromatic rings. The van der Waals surface area contributed by atoms with E-state index in [1.54, 1.807) is 37.1 Å². The van der Waals surface area contributed by atoms with Crippen LogP contribution in [0.1, 0.15) is 45.1 Å². The molecule has 202 valence electrons. The maximum atomic E-state index is 13.4. The van der Waals surface area contributed by atoms with Crippen LogP contribution in [0.15, 0.2) is 65.6 Å². The molecule has 0 spiro atoms. The number of nitrogens with one attached hydrogen (secondary N) is 1. The maximum Gasteiger partial charge on any atom is 0.265 e. The number of carbonyl (C=O) groups excluding carboxylic acids is 2. The molecule has 0 saturated carbocycles. The number of anilines is 1. The Kier molecular flexibility index (Phi) is 8.56. The lowest BCUT2D eigenvalue weighted by Crippen LogP contribution is -2.47. The van der Waals surface area contributed by atoms with Gasteiger partial charge in [-0.15, -0.1) is 0 Å². The normalized spacial score (nSPS) is 14.3. The molecule has 0 bridgehead atoms. The number of hydrogen-bond donors (Lipinski definition) is 1. The molecule has 38 heavy (non-hydrogen) atoms. The summed E-state index contributed by atoms with van der Waals surface area (Å²) in [5.74, 6) is 0.302. The van der Waals surface area contributed by atoms with Crippen molar-refractivity contribution in [3.63, 3.8) is 0 Å². The topological polar surface area (TPSA) is 96.0 Å². The van der Waals surface area contributed by atoms with E-state index in [0.717, 1.165) is 29.2 Å². The highest BCUT2D eigenvalue weighted by Crippen LogP contribution is 2.42. The van der Waals surface area contributed by atoms with Crippen LogP contribution in [0.5, 0.6) is 5.75 Å².